The number of hydrogen-bond acceptors (Lipinski definition) is 5. The lowest BCUT2D eigenvalue weighted by Gasteiger charge is -2.22. The molecule has 0 aliphatic carbocycles. The van der Waals surface area contributed by atoms with E-state index in [1.165, 1.54) is 0 Å². The molecule has 0 bridgehead atoms. The zero-order valence-electron chi connectivity index (χ0n) is 14.6. The monoisotopic (exact) mass is 356 g/mol. The van der Waals surface area contributed by atoms with E-state index in [1.807, 2.05) is 25.5 Å². The fourth-order valence-electron chi connectivity index (χ4n) is 3.06. The Labute approximate surface area is 152 Å². The van der Waals surface area contributed by atoms with Gasteiger partial charge in [-0.2, -0.15) is 5.10 Å². The number of anilines is 1. The lowest BCUT2D eigenvalue weighted by atomic mass is 9.91. The van der Waals surface area contributed by atoms with Gasteiger partial charge in [-0.1, -0.05) is 19.9 Å². The molecule has 2 aromatic rings. The van der Waals surface area contributed by atoms with Gasteiger partial charge in [0.2, 0.25) is 5.28 Å². The molecule has 1 aliphatic rings. The van der Waals surface area contributed by atoms with E-state index in [2.05, 4.69) is 57.7 Å². The molecular formula is C18H21ClN6. The first-order valence-electron chi connectivity index (χ1n) is 8.02. The van der Waals surface area contributed by atoms with Gasteiger partial charge in [0, 0.05) is 31.4 Å². The molecule has 0 saturated carbocycles. The van der Waals surface area contributed by atoms with Crippen LogP contribution in [0, 0.1) is 5.41 Å². The first-order chi connectivity index (χ1) is 11.9. The number of hydrogen-bond donors (Lipinski definition) is 0. The fourth-order valence-corrected chi connectivity index (χ4v) is 3.20. The topological polar surface area (TPSA) is 59.2 Å². The smallest absolute Gasteiger partial charge is 0.224 e. The quantitative estimate of drug-likeness (QED) is 0.608. The lowest BCUT2D eigenvalue weighted by Crippen LogP contribution is -2.25. The average Bonchev–Trinajstić information content (AvgIpc) is 3.08. The third-order valence-corrected chi connectivity index (χ3v) is 4.34. The molecule has 7 heteroatoms. The minimum Gasteiger partial charge on any atom is -0.324 e. The van der Waals surface area contributed by atoms with Crippen LogP contribution in [0.3, 0.4) is 0 Å². The molecular weight excluding hydrogens is 336 g/mol. The Morgan fingerprint density at radius 2 is 2.24 bits per heavy atom. The summed E-state index contributed by atoms with van der Waals surface area (Å²) in [6.07, 6.45) is 10.5. The van der Waals surface area contributed by atoms with Gasteiger partial charge in [0.05, 0.1) is 17.6 Å². The van der Waals surface area contributed by atoms with Crippen molar-refractivity contribution in [2.24, 2.45) is 17.5 Å². The fraction of sp³-hybridized carbons (Fsp3) is 0.333. The summed E-state index contributed by atoms with van der Waals surface area (Å²) in [5, 5.41) is 4.42. The number of aromatic nitrogens is 4. The van der Waals surface area contributed by atoms with Crippen molar-refractivity contribution in [3.8, 4) is 0 Å². The molecule has 3 heterocycles. The Kier molecular flexibility index (Phi) is 4.72. The van der Waals surface area contributed by atoms with Crippen molar-refractivity contribution in [1.29, 1.82) is 0 Å². The van der Waals surface area contributed by atoms with E-state index in [4.69, 9.17) is 11.6 Å². The number of aryl methyl sites for hydroxylation is 1. The zero-order chi connectivity index (χ0) is 18.0. The van der Waals surface area contributed by atoms with Gasteiger partial charge in [-0.3, -0.25) is 9.67 Å². The number of rotatable bonds is 5. The Bertz CT molecular complexity index is 849. The molecule has 1 aliphatic heterocycles. The van der Waals surface area contributed by atoms with Crippen LogP contribution in [0.1, 0.15) is 19.4 Å². The van der Waals surface area contributed by atoms with Crippen molar-refractivity contribution >= 4 is 24.1 Å². The Morgan fingerprint density at radius 3 is 2.88 bits per heavy atom. The van der Waals surface area contributed by atoms with E-state index in [0.29, 0.717) is 0 Å². The zero-order valence-corrected chi connectivity index (χ0v) is 15.4. The Hall–Kier alpha value is -2.47. The first-order valence-corrected chi connectivity index (χ1v) is 8.40. The largest absolute Gasteiger partial charge is 0.324 e. The van der Waals surface area contributed by atoms with Crippen molar-refractivity contribution < 1.29 is 0 Å². The van der Waals surface area contributed by atoms with Gasteiger partial charge in [0.25, 0.3) is 0 Å². The van der Waals surface area contributed by atoms with E-state index in [-0.39, 0.29) is 10.7 Å². The van der Waals surface area contributed by atoms with Crippen LogP contribution in [0.15, 0.2) is 53.2 Å². The second-order valence-electron chi connectivity index (χ2n) is 6.67. The highest BCUT2D eigenvalue weighted by Gasteiger charge is 2.37. The molecule has 6 nitrogen and oxygen atoms in total. The number of halogens is 1. The lowest BCUT2D eigenvalue weighted by molar-refractivity contribution is 0.480. The summed E-state index contributed by atoms with van der Waals surface area (Å²) >= 11 is 5.97. The first kappa shape index (κ1) is 17.4. The van der Waals surface area contributed by atoms with E-state index in [9.17, 15) is 0 Å². The molecule has 0 spiro atoms. The molecule has 2 aromatic heterocycles. The maximum absolute atomic E-state index is 5.97. The highest BCUT2D eigenvalue weighted by molar-refractivity contribution is 6.28. The van der Waals surface area contributed by atoms with E-state index < -0.39 is 0 Å². The van der Waals surface area contributed by atoms with Crippen LogP contribution in [-0.2, 0) is 13.5 Å². The molecule has 0 amide bonds. The molecule has 0 atom stereocenters. The second-order valence-corrected chi connectivity index (χ2v) is 7.01. The number of aliphatic imine (C=N–C) groups is 1. The molecule has 0 aromatic carbocycles. The molecule has 0 saturated heterocycles. The summed E-state index contributed by atoms with van der Waals surface area (Å²) in [6.45, 7) is 8.81. The molecule has 3 rings (SSSR count). The van der Waals surface area contributed by atoms with E-state index in [1.54, 1.807) is 10.9 Å². The van der Waals surface area contributed by atoms with Gasteiger partial charge in [-0.15, -0.1) is 0 Å². The van der Waals surface area contributed by atoms with Gasteiger partial charge < -0.3 is 4.90 Å². The second kappa shape index (κ2) is 6.80. The summed E-state index contributed by atoms with van der Waals surface area (Å²) in [4.78, 5) is 14.7. The van der Waals surface area contributed by atoms with Gasteiger partial charge >= 0.3 is 0 Å². The van der Waals surface area contributed by atoms with Crippen molar-refractivity contribution in [1.82, 2.24) is 19.7 Å². The summed E-state index contributed by atoms with van der Waals surface area (Å²) in [5.41, 5.74) is 2.96. The highest BCUT2D eigenvalue weighted by atomic mass is 35.5. The predicted molar refractivity (Wildman–Crippen MR) is 101 cm³/mol. The van der Waals surface area contributed by atoms with Crippen LogP contribution in [-0.4, -0.2) is 33.0 Å². The number of allylic oxidation sites excluding steroid dienone is 2. The van der Waals surface area contributed by atoms with Crippen LogP contribution < -0.4 is 4.90 Å². The minimum atomic E-state index is -0.132. The van der Waals surface area contributed by atoms with Gasteiger partial charge in [-0.25, -0.2) is 9.97 Å². The van der Waals surface area contributed by atoms with E-state index >= 15 is 0 Å². The third kappa shape index (κ3) is 3.64. The maximum atomic E-state index is 5.97. The molecule has 0 fully saturated rings. The SMILES string of the molecule is C=NC1=C(/C=C\Cc2cnn(C)c2)N(c2ccnc(Cl)n2)CC1(C)C. The van der Waals surface area contributed by atoms with Crippen LogP contribution in [0.4, 0.5) is 5.82 Å². The third-order valence-electron chi connectivity index (χ3n) is 4.16. The standard InChI is InChI=1S/C18H21ClN6/c1-18(2)12-25(15-8-9-21-17(19)23-15)14(16(18)20-3)7-5-6-13-10-22-24(4)11-13/h5,7-11H,3,6,12H2,1-2,4H3/b7-5-. The minimum absolute atomic E-state index is 0.132. The Balaban J connectivity index is 1.93. The summed E-state index contributed by atoms with van der Waals surface area (Å²) in [7, 11) is 1.91. The van der Waals surface area contributed by atoms with Gasteiger partial charge in [0.1, 0.15) is 5.82 Å². The molecule has 0 N–H and O–H groups in total. The molecule has 25 heavy (non-hydrogen) atoms. The van der Waals surface area contributed by atoms with Crippen LogP contribution >= 0.6 is 11.6 Å². The normalized spacial score (nSPS) is 16.9. The Morgan fingerprint density at radius 1 is 1.44 bits per heavy atom. The molecule has 130 valence electrons. The summed E-state index contributed by atoms with van der Waals surface area (Å²) in [5.74, 6) is 0.757. The van der Waals surface area contributed by atoms with Crippen LogP contribution in [0.25, 0.3) is 0 Å². The van der Waals surface area contributed by atoms with E-state index in [0.717, 1.165) is 35.7 Å². The average molecular weight is 357 g/mol. The summed E-state index contributed by atoms with van der Waals surface area (Å²) < 4.78 is 1.80. The molecule has 0 radical (unpaired) electrons. The molecule has 0 unspecified atom stereocenters. The maximum Gasteiger partial charge on any atom is 0.224 e. The summed E-state index contributed by atoms with van der Waals surface area (Å²) in [6, 6.07) is 1.85. The van der Waals surface area contributed by atoms with Crippen LogP contribution in [0.2, 0.25) is 5.28 Å². The predicted octanol–water partition coefficient (Wildman–Crippen LogP) is 3.42. The highest BCUT2D eigenvalue weighted by Crippen LogP contribution is 2.41. The number of nitrogens with zero attached hydrogens (tertiary/aromatic N) is 6. The van der Waals surface area contributed by atoms with Gasteiger partial charge in [0.15, 0.2) is 0 Å². The van der Waals surface area contributed by atoms with Gasteiger partial charge in [-0.05, 0) is 42.4 Å². The van der Waals surface area contributed by atoms with Crippen LogP contribution in [0.5, 0.6) is 0 Å². The van der Waals surface area contributed by atoms with Crippen molar-refractivity contribution in [2.75, 3.05) is 11.4 Å². The van der Waals surface area contributed by atoms with Crippen molar-refractivity contribution in [3.63, 3.8) is 0 Å². The van der Waals surface area contributed by atoms with Crippen molar-refractivity contribution in [3.05, 3.63) is 59.1 Å². The van der Waals surface area contributed by atoms with Crippen molar-refractivity contribution in [2.45, 2.75) is 20.3 Å².